The third kappa shape index (κ3) is 2.09. The molecule has 0 aromatic carbocycles. The van der Waals surface area contributed by atoms with E-state index in [2.05, 4.69) is 38.0 Å². The van der Waals surface area contributed by atoms with Crippen molar-refractivity contribution in [2.45, 2.75) is 52.5 Å². The largest absolute Gasteiger partial charge is 0.311 e. The van der Waals surface area contributed by atoms with Gasteiger partial charge in [-0.2, -0.15) is 0 Å². The van der Waals surface area contributed by atoms with Crippen molar-refractivity contribution in [2.24, 2.45) is 0 Å². The van der Waals surface area contributed by atoms with Crippen molar-refractivity contribution in [1.82, 2.24) is 15.3 Å². The maximum absolute atomic E-state index is 4.75. The fraction of sp³-hybridized carbons (Fsp3) is 0.692. The van der Waals surface area contributed by atoms with E-state index in [9.17, 15) is 0 Å². The van der Waals surface area contributed by atoms with E-state index in [4.69, 9.17) is 4.98 Å². The Labute approximate surface area is 97.7 Å². The smallest absolute Gasteiger partial charge is 0.131 e. The van der Waals surface area contributed by atoms with Crippen molar-refractivity contribution >= 4 is 0 Å². The van der Waals surface area contributed by atoms with Crippen molar-refractivity contribution in [3.63, 3.8) is 0 Å². The summed E-state index contributed by atoms with van der Waals surface area (Å²) in [6.45, 7) is 10.7. The molecule has 0 saturated carbocycles. The van der Waals surface area contributed by atoms with E-state index in [0.717, 1.165) is 25.3 Å². The zero-order chi connectivity index (χ0) is 11.7. The molecule has 0 unspecified atom stereocenters. The third-order valence-corrected chi connectivity index (χ3v) is 3.05. The molecule has 3 nitrogen and oxygen atoms in total. The lowest BCUT2D eigenvalue weighted by atomic mass is 9.97. The molecule has 1 aliphatic rings. The molecule has 0 atom stereocenters. The van der Waals surface area contributed by atoms with Gasteiger partial charge in [-0.3, -0.25) is 0 Å². The normalized spacial score (nSPS) is 15.6. The van der Waals surface area contributed by atoms with E-state index in [-0.39, 0.29) is 0 Å². The number of nitrogens with zero attached hydrogens (tertiary/aromatic N) is 2. The van der Waals surface area contributed by atoms with Gasteiger partial charge in [0.05, 0.1) is 11.4 Å². The van der Waals surface area contributed by atoms with Gasteiger partial charge >= 0.3 is 0 Å². The minimum absolute atomic E-state index is 0.407. The Kier molecular flexibility index (Phi) is 3.24. The quantitative estimate of drug-likeness (QED) is 0.830. The van der Waals surface area contributed by atoms with E-state index in [1.54, 1.807) is 0 Å². The van der Waals surface area contributed by atoms with Crippen LogP contribution in [0.3, 0.4) is 0 Å². The Morgan fingerprint density at radius 3 is 2.44 bits per heavy atom. The Balaban J connectivity index is 2.52. The van der Waals surface area contributed by atoms with Crippen LogP contribution in [0.2, 0.25) is 0 Å². The molecule has 0 radical (unpaired) electrons. The maximum Gasteiger partial charge on any atom is 0.131 e. The Hall–Kier alpha value is -0.960. The van der Waals surface area contributed by atoms with Crippen LogP contribution in [-0.2, 0) is 13.0 Å². The second-order valence-electron chi connectivity index (χ2n) is 5.13. The second kappa shape index (κ2) is 4.50. The summed E-state index contributed by atoms with van der Waals surface area (Å²) in [5.41, 5.74) is 3.86. The number of hydrogen-bond acceptors (Lipinski definition) is 3. The zero-order valence-corrected chi connectivity index (χ0v) is 10.7. The SMILES string of the molecule is CC(C)c1nc2c(c(C(C)C)n1)CCNC2. The molecule has 3 heteroatoms. The fourth-order valence-electron chi connectivity index (χ4n) is 2.14. The highest BCUT2D eigenvalue weighted by Crippen LogP contribution is 2.24. The van der Waals surface area contributed by atoms with Crippen LogP contribution in [0.5, 0.6) is 0 Å². The average Bonchev–Trinajstić information content (AvgIpc) is 2.27. The van der Waals surface area contributed by atoms with E-state index in [1.165, 1.54) is 17.0 Å². The molecule has 0 aliphatic carbocycles. The molecule has 0 bridgehead atoms. The summed E-state index contributed by atoms with van der Waals surface area (Å²) in [5.74, 6) is 1.89. The second-order valence-corrected chi connectivity index (χ2v) is 5.13. The number of fused-ring (bicyclic) bond motifs is 1. The topological polar surface area (TPSA) is 37.8 Å². The first-order chi connectivity index (χ1) is 7.59. The summed E-state index contributed by atoms with van der Waals surface area (Å²) in [7, 11) is 0. The monoisotopic (exact) mass is 219 g/mol. The Morgan fingerprint density at radius 2 is 1.81 bits per heavy atom. The van der Waals surface area contributed by atoms with Crippen molar-refractivity contribution in [3.8, 4) is 0 Å². The predicted octanol–water partition coefficient (Wildman–Crippen LogP) is 2.37. The summed E-state index contributed by atoms with van der Waals surface area (Å²) < 4.78 is 0. The molecule has 2 heterocycles. The standard InChI is InChI=1S/C13H21N3/c1-8(2)12-10-5-6-14-7-11(10)15-13(16-12)9(3)4/h8-9,14H,5-7H2,1-4H3. The van der Waals surface area contributed by atoms with Gasteiger partial charge in [0, 0.05) is 12.5 Å². The highest BCUT2D eigenvalue weighted by Gasteiger charge is 2.19. The van der Waals surface area contributed by atoms with Crippen LogP contribution < -0.4 is 5.32 Å². The lowest BCUT2D eigenvalue weighted by Gasteiger charge is -2.22. The van der Waals surface area contributed by atoms with Gasteiger partial charge in [0.2, 0.25) is 0 Å². The van der Waals surface area contributed by atoms with Crippen molar-refractivity contribution in [1.29, 1.82) is 0 Å². The number of aromatic nitrogens is 2. The van der Waals surface area contributed by atoms with Crippen LogP contribution in [0.15, 0.2) is 0 Å². The molecule has 1 aliphatic heterocycles. The predicted molar refractivity (Wildman–Crippen MR) is 65.6 cm³/mol. The van der Waals surface area contributed by atoms with Gasteiger partial charge in [-0.25, -0.2) is 9.97 Å². The summed E-state index contributed by atoms with van der Waals surface area (Å²) in [6.07, 6.45) is 1.07. The zero-order valence-electron chi connectivity index (χ0n) is 10.7. The van der Waals surface area contributed by atoms with Gasteiger partial charge in [-0.15, -0.1) is 0 Å². The Morgan fingerprint density at radius 1 is 1.06 bits per heavy atom. The number of rotatable bonds is 2. The van der Waals surface area contributed by atoms with Crippen LogP contribution in [0.1, 0.15) is 62.3 Å². The fourth-order valence-corrected chi connectivity index (χ4v) is 2.14. The lowest BCUT2D eigenvalue weighted by Crippen LogP contribution is -2.27. The van der Waals surface area contributed by atoms with Gasteiger partial charge in [0.15, 0.2) is 0 Å². The van der Waals surface area contributed by atoms with Gasteiger partial charge in [-0.1, -0.05) is 27.7 Å². The minimum Gasteiger partial charge on any atom is -0.311 e. The summed E-state index contributed by atoms with van der Waals surface area (Å²) >= 11 is 0. The molecule has 2 rings (SSSR count). The summed E-state index contributed by atoms with van der Waals surface area (Å²) in [4.78, 5) is 9.43. The lowest BCUT2D eigenvalue weighted by molar-refractivity contribution is 0.592. The molecule has 1 N–H and O–H groups in total. The van der Waals surface area contributed by atoms with E-state index >= 15 is 0 Å². The highest BCUT2D eigenvalue weighted by molar-refractivity contribution is 5.30. The molecule has 88 valence electrons. The molecule has 0 spiro atoms. The molecular weight excluding hydrogens is 198 g/mol. The molecule has 0 fully saturated rings. The van der Waals surface area contributed by atoms with Gasteiger partial charge in [-0.05, 0) is 24.4 Å². The first-order valence-corrected chi connectivity index (χ1v) is 6.20. The average molecular weight is 219 g/mol. The van der Waals surface area contributed by atoms with Crippen LogP contribution in [-0.4, -0.2) is 16.5 Å². The summed E-state index contributed by atoms with van der Waals surface area (Å²) in [6, 6.07) is 0. The van der Waals surface area contributed by atoms with Crippen molar-refractivity contribution < 1.29 is 0 Å². The first-order valence-electron chi connectivity index (χ1n) is 6.20. The molecule has 0 amide bonds. The van der Waals surface area contributed by atoms with Crippen molar-refractivity contribution in [3.05, 3.63) is 22.8 Å². The number of hydrogen-bond donors (Lipinski definition) is 1. The van der Waals surface area contributed by atoms with Gasteiger partial charge < -0.3 is 5.32 Å². The molecular formula is C13H21N3. The molecule has 1 aromatic rings. The van der Waals surface area contributed by atoms with Crippen LogP contribution in [0.25, 0.3) is 0 Å². The molecule has 16 heavy (non-hydrogen) atoms. The molecule has 1 aromatic heterocycles. The minimum atomic E-state index is 0.407. The van der Waals surface area contributed by atoms with Gasteiger partial charge in [0.1, 0.15) is 5.82 Å². The third-order valence-electron chi connectivity index (χ3n) is 3.05. The maximum atomic E-state index is 4.75. The van der Waals surface area contributed by atoms with E-state index in [1.807, 2.05) is 0 Å². The van der Waals surface area contributed by atoms with Gasteiger partial charge in [0.25, 0.3) is 0 Å². The van der Waals surface area contributed by atoms with E-state index in [0.29, 0.717) is 11.8 Å². The Bertz CT molecular complexity index is 383. The number of nitrogens with one attached hydrogen (secondary N) is 1. The van der Waals surface area contributed by atoms with Crippen LogP contribution >= 0.6 is 0 Å². The van der Waals surface area contributed by atoms with Crippen molar-refractivity contribution in [2.75, 3.05) is 6.54 Å². The van der Waals surface area contributed by atoms with Crippen LogP contribution in [0, 0.1) is 0 Å². The van der Waals surface area contributed by atoms with Crippen LogP contribution in [0.4, 0.5) is 0 Å². The summed E-state index contributed by atoms with van der Waals surface area (Å²) in [5, 5.41) is 3.38. The first kappa shape index (κ1) is 11.5. The highest BCUT2D eigenvalue weighted by atomic mass is 15.0. The van der Waals surface area contributed by atoms with E-state index < -0.39 is 0 Å². The molecule has 0 saturated heterocycles.